The third kappa shape index (κ3) is 4.36. The van der Waals surface area contributed by atoms with E-state index in [9.17, 15) is 9.18 Å². The monoisotopic (exact) mass is 407 g/mol. The highest BCUT2D eigenvalue weighted by atomic mass is 19.1. The molecule has 3 aliphatic rings. The lowest BCUT2D eigenvalue weighted by atomic mass is 9.96. The van der Waals surface area contributed by atoms with Crippen LogP contribution in [0.2, 0.25) is 0 Å². The molecule has 0 spiro atoms. The van der Waals surface area contributed by atoms with Crippen molar-refractivity contribution in [1.82, 2.24) is 15.5 Å². The SMILES string of the molecule is O=C(NC1CC2CCC(C1)N2Cc1ccccc1)NC(c1ccc(F)cc1)C1CC1. The van der Waals surface area contributed by atoms with E-state index < -0.39 is 0 Å². The van der Waals surface area contributed by atoms with Crippen LogP contribution in [-0.4, -0.2) is 29.1 Å². The summed E-state index contributed by atoms with van der Waals surface area (Å²) >= 11 is 0. The Hall–Kier alpha value is -2.40. The van der Waals surface area contributed by atoms with Crippen LogP contribution >= 0.6 is 0 Å². The van der Waals surface area contributed by atoms with E-state index in [2.05, 4.69) is 45.9 Å². The first-order valence-electron chi connectivity index (χ1n) is 11.3. The fourth-order valence-corrected chi connectivity index (χ4v) is 5.39. The number of nitrogens with one attached hydrogen (secondary N) is 2. The quantitative estimate of drug-likeness (QED) is 0.724. The van der Waals surface area contributed by atoms with Gasteiger partial charge in [-0.25, -0.2) is 9.18 Å². The second-order valence-electron chi connectivity index (χ2n) is 9.20. The van der Waals surface area contributed by atoms with Gasteiger partial charge in [0, 0.05) is 24.7 Å². The fourth-order valence-electron chi connectivity index (χ4n) is 5.39. The Morgan fingerprint density at radius 2 is 1.63 bits per heavy atom. The van der Waals surface area contributed by atoms with Gasteiger partial charge in [0.25, 0.3) is 0 Å². The Balaban J connectivity index is 1.18. The molecular weight excluding hydrogens is 377 g/mol. The first-order valence-corrected chi connectivity index (χ1v) is 11.3. The van der Waals surface area contributed by atoms with E-state index in [4.69, 9.17) is 0 Å². The van der Waals surface area contributed by atoms with Gasteiger partial charge in [-0.15, -0.1) is 0 Å². The maximum Gasteiger partial charge on any atom is 0.315 e. The van der Waals surface area contributed by atoms with Crippen molar-refractivity contribution in [3.05, 3.63) is 71.5 Å². The molecule has 0 radical (unpaired) electrons. The van der Waals surface area contributed by atoms with Crippen molar-refractivity contribution < 1.29 is 9.18 Å². The number of nitrogens with zero attached hydrogens (tertiary/aromatic N) is 1. The Morgan fingerprint density at radius 3 is 2.27 bits per heavy atom. The maximum atomic E-state index is 13.3. The highest BCUT2D eigenvalue weighted by Crippen LogP contribution is 2.41. The number of amides is 2. The van der Waals surface area contributed by atoms with Gasteiger partial charge in [0.2, 0.25) is 0 Å². The first-order chi connectivity index (χ1) is 14.7. The number of urea groups is 1. The molecule has 2 amide bonds. The molecule has 2 heterocycles. The van der Waals surface area contributed by atoms with Crippen molar-refractivity contribution in [3.8, 4) is 0 Å². The topological polar surface area (TPSA) is 44.4 Å². The Kier molecular flexibility index (Phi) is 5.47. The number of hydrogen-bond acceptors (Lipinski definition) is 2. The van der Waals surface area contributed by atoms with Gasteiger partial charge in [-0.2, -0.15) is 0 Å². The van der Waals surface area contributed by atoms with Crippen LogP contribution in [0.15, 0.2) is 54.6 Å². The van der Waals surface area contributed by atoms with Gasteiger partial charge in [-0.1, -0.05) is 42.5 Å². The second kappa shape index (κ2) is 8.38. The zero-order valence-electron chi connectivity index (χ0n) is 17.3. The lowest BCUT2D eigenvalue weighted by Gasteiger charge is -2.39. The van der Waals surface area contributed by atoms with Crippen molar-refractivity contribution in [3.63, 3.8) is 0 Å². The van der Waals surface area contributed by atoms with Crippen LogP contribution in [0, 0.1) is 11.7 Å². The molecule has 3 atom stereocenters. The first kappa shape index (κ1) is 19.6. The number of benzene rings is 2. The lowest BCUT2D eigenvalue weighted by Crippen LogP contribution is -2.52. The van der Waals surface area contributed by atoms with Crippen LogP contribution in [0.25, 0.3) is 0 Å². The van der Waals surface area contributed by atoms with Gasteiger partial charge in [-0.05, 0) is 67.7 Å². The highest BCUT2D eigenvalue weighted by molar-refractivity contribution is 5.75. The number of carbonyl (C=O) groups excluding carboxylic acids is 1. The van der Waals surface area contributed by atoms with Crippen molar-refractivity contribution in [2.75, 3.05) is 0 Å². The molecule has 2 aliphatic heterocycles. The normalized spacial score (nSPS) is 26.9. The summed E-state index contributed by atoms with van der Waals surface area (Å²) in [5.74, 6) is 0.223. The van der Waals surface area contributed by atoms with Crippen molar-refractivity contribution in [1.29, 1.82) is 0 Å². The number of carbonyl (C=O) groups is 1. The van der Waals surface area contributed by atoms with E-state index in [0.29, 0.717) is 18.0 Å². The van der Waals surface area contributed by atoms with Crippen LogP contribution in [0.3, 0.4) is 0 Å². The molecule has 0 aromatic heterocycles. The van der Waals surface area contributed by atoms with Gasteiger partial charge in [0.05, 0.1) is 6.04 Å². The van der Waals surface area contributed by atoms with Crippen LogP contribution in [0.1, 0.15) is 55.7 Å². The van der Waals surface area contributed by atoms with Crippen LogP contribution in [0.4, 0.5) is 9.18 Å². The predicted molar refractivity (Wildman–Crippen MR) is 115 cm³/mol. The summed E-state index contributed by atoms with van der Waals surface area (Å²) in [6.07, 6.45) is 6.70. The standard InChI is InChI=1S/C25H30FN3O/c26-20-10-8-19(9-11-20)24(18-6-7-18)28-25(30)27-21-14-22-12-13-23(15-21)29(22)16-17-4-2-1-3-5-17/h1-5,8-11,18,21-24H,6-7,12-16H2,(H2,27,28,30). The summed E-state index contributed by atoms with van der Waals surface area (Å²) in [7, 11) is 0. The van der Waals surface area contributed by atoms with Gasteiger partial charge in [0.15, 0.2) is 0 Å². The molecule has 1 saturated carbocycles. The Labute approximate surface area is 177 Å². The molecule has 158 valence electrons. The molecule has 2 aromatic carbocycles. The van der Waals surface area contributed by atoms with E-state index in [-0.39, 0.29) is 23.9 Å². The molecule has 5 heteroatoms. The molecular formula is C25H30FN3O. The average molecular weight is 408 g/mol. The van der Waals surface area contributed by atoms with Gasteiger partial charge >= 0.3 is 6.03 Å². The Morgan fingerprint density at radius 1 is 0.967 bits per heavy atom. The van der Waals surface area contributed by atoms with E-state index >= 15 is 0 Å². The smallest absolute Gasteiger partial charge is 0.315 e. The molecule has 30 heavy (non-hydrogen) atoms. The summed E-state index contributed by atoms with van der Waals surface area (Å²) in [5.41, 5.74) is 2.36. The van der Waals surface area contributed by atoms with Crippen molar-refractivity contribution >= 4 is 6.03 Å². The molecule has 3 unspecified atom stereocenters. The summed E-state index contributed by atoms with van der Waals surface area (Å²) in [5, 5.41) is 6.42. The van der Waals surface area contributed by atoms with Crippen LogP contribution < -0.4 is 10.6 Å². The molecule has 2 bridgehead atoms. The van der Waals surface area contributed by atoms with Gasteiger partial charge in [0.1, 0.15) is 5.82 Å². The minimum atomic E-state index is -0.240. The number of fused-ring (bicyclic) bond motifs is 2. The fraction of sp³-hybridized carbons (Fsp3) is 0.480. The minimum Gasteiger partial charge on any atom is -0.335 e. The van der Waals surface area contributed by atoms with Gasteiger partial charge in [-0.3, -0.25) is 4.90 Å². The largest absolute Gasteiger partial charge is 0.335 e. The summed E-state index contributed by atoms with van der Waals surface area (Å²) in [6, 6.07) is 18.4. The predicted octanol–water partition coefficient (Wildman–Crippen LogP) is 4.77. The van der Waals surface area contributed by atoms with E-state index in [1.54, 1.807) is 12.1 Å². The molecule has 5 rings (SSSR count). The van der Waals surface area contributed by atoms with Gasteiger partial charge < -0.3 is 10.6 Å². The maximum absolute atomic E-state index is 13.3. The zero-order valence-corrected chi connectivity index (χ0v) is 17.3. The molecule has 2 saturated heterocycles. The number of hydrogen-bond donors (Lipinski definition) is 2. The molecule has 1 aliphatic carbocycles. The lowest BCUT2D eigenvalue weighted by molar-refractivity contribution is 0.111. The third-order valence-electron chi connectivity index (χ3n) is 7.04. The second-order valence-corrected chi connectivity index (χ2v) is 9.20. The third-order valence-corrected chi connectivity index (χ3v) is 7.04. The van der Waals surface area contributed by atoms with Crippen LogP contribution in [-0.2, 0) is 6.54 Å². The van der Waals surface area contributed by atoms with Crippen LogP contribution in [0.5, 0.6) is 0 Å². The summed E-state index contributed by atoms with van der Waals surface area (Å²) < 4.78 is 13.3. The number of piperidine rings is 1. The number of halogens is 1. The summed E-state index contributed by atoms with van der Waals surface area (Å²) in [6.45, 7) is 1.00. The molecule has 4 nitrogen and oxygen atoms in total. The van der Waals surface area contributed by atoms with E-state index in [0.717, 1.165) is 37.8 Å². The van der Waals surface area contributed by atoms with Crippen molar-refractivity contribution in [2.24, 2.45) is 5.92 Å². The summed E-state index contributed by atoms with van der Waals surface area (Å²) in [4.78, 5) is 15.4. The van der Waals surface area contributed by atoms with E-state index in [1.165, 1.54) is 30.5 Å². The number of rotatable bonds is 6. The van der Waals surface area contributed by atoms with Crippen molar-refractivity contribution in [2.45, 2.75) is 69.2 Å². The zero-order chi connectivity index (χ0) is 20.5. The molecule has 2 aromatic rings. The molecule has 3 fully saturated rings. The Bertz CT molecular complexity index is 854. The molecule has 2 N–H and O–H groups in total. The minimum absolute atomic E-state index is 0.0273. The highest BCUT2D eigenvalue weighted by Gasteiger charge is 2.41. The van der Waals surface area contributed by atoms with E-state index in [1.807, 2.05) is 0 Å². The average Bonchev–Trinajstić information content (AvgIpc) is 3.55.